The molecule has 0 fully saturated rings. The number of ether oxygens (including phenoxy) is 2. The smallest absolute Gasteiger partial charge is 0.254 e. The van der Waals surface area contributed by atoms with Gasteiger partial charge in [-0.25, -0.2) is 0 Å². The molecule has 92 valence electrons. The van der Waals surface area contributed by atoms with E-state index >= 15 is 0 Å². The van der Waals surface area contributed by atoms with Gasteiger partial charge in [-0.2, -0.15) is 4.98 Å². The van der Waals surface area contributed by atoms with Gasteiger partial charge in [0.15, 0.2) is 11.5 Å². The van der Waals surface area contributed by atoms with Crippen molar-refractivity contribution in [2.75, 3.05) is 6.79 Å². The quantitative estimate of drug-likeness (QED) is 0.818. The Morgan fingerprint density at radius 1 is 1.33 bits per heavy atom. The van der Waals surface area contributed by atoms with Crippen molar-refractivity contribution in [1.29, 1.82) is 0 Å². The molecule has 1 aromatic heterocycles. The van der Waals surface area contributed by atoms with E-state index in [1.54, 1.807) is 12.1 Å². The Balaban J connectivity index is 2.18. The second-order valence-electron chi connectivity index (χ2n) is 3.64. The van der Waals surface area contributed by atoms with Crippen molar-refractivity contribution in [3.8, 4) is 28.8 Å². The van der Waals surface area contributed by atoms with Gasteiger partial charge in [0.25, 0.3) is 5.56 Å². The summed E-state index contributed by atoms with van der Waals surface area (Å²) in [4.78, 5) is 17.6. The Kier molecular flexibility index (Phi) is 2.38. The maximum absolute atomic E-state index is 11.3. The number of nitrogens with one attached hydrogen (secondary N) is 1. The van der Waals surface area contributed by atoms with Crippen LogP contribution in [-0.2, 0) is 0 Å². The molecule has 7 heteroatoms. The van der Waals surface area contributed by atoms with Gasteiger partial charge in [-0.15, -0.1) is 0 Å². The molecule has 3 rings (SSSR count). The van der Waals surface area contributed by atoms with Crippen LogP contribution in [0.3, 0.4) is 0 Å². The van der Waals surface area contributed by atoms with Crippen molar-refractivity contribution in [3.63, 3.8) is 0 Å². The van der Waals surface area contributed by atoms with Gasteiger partial charge in [-0.1, -0.05) is 11.6 Å². The third-order valence-electron chi connectivity index (χ3n) is 2.43. The molecular formula is C11H7ClN2O4. The largest absolute Gasteiger partial charge is 0.493 e. The number of aromatic amines is 1. The minimum atomic E-state index is -0.453. The highest BCUT2D eigenvalue weighted by Gasteiger charge is 2.19. The van der Waals surface area contributed by atoms with E-state index in [9.17, 15) is 9.90 Å². The number of benzene rings is 1. The second-order valence-corrected chi connectivity index (χ2v) is 4.05. The van der Waals surface area contributed by atoms with Gasteiger partial charge in [0.1, 0.15) is 5.82 Å². The maximum atomic E-state index is 11.3. The predicted octanol–water partition coefficient (Wildman–Crippen LogP) is 1.52. The molecule has 0 spiro atoms. The molecule has 1 aromatic carbocycles. The molecule has 0 radical (unpaired) electrons. The SMILES string of the molecule is O=c1cc(O)nc(-c2cc(Cl)c3c(c2)OCO3)[nH]1. The van der Waals surface area contributed by atoms with Crippen molar-refractivity contribution in [1.82, 2.24) is 9.97 Å². The summed E-state index contributed by atoms with van der Waals surface area (Å²) in [5, 5.41) is 9.65. The van der Waals surface area contributed by atoms with Crippen molar-refractivity contribution < 1.29 is 14.6 Å². The molecule has 0 unspecified atom stereocenters. The maximum Gasteiger partial charge on any atom is 0.254 e. The monoisotopic (exact) mass is 266 g/mol. The number of halogens is 1. The predicted molar refractivity (Wildman–Crippen MR) is 63.1 cm³/mol. The Hall–Kier alpha value is -2.21. The van der Waals surface area contributed by atoms with E-state index in [4.69, 9.17) is 21.1 Å². The average Bonchev–Trinajstić information content (AvgIpc) is 2.76. The molecular weight excluding hydrogens is 260 g/mol. The molecule has 0 atom stereocenters. The molecule has 2 heterocycles. The van der Waals surface area contributed by atoms with Crippen LogP contribution in [-0.4, -0.2) is 21.9 Å². The summed E-state index contributed by atoms with van der Waals surface area (Å²) >= 11 is 6.02. The zero-order valence-electron chi connectivity index (χ0n) is 8.94. The van der Waals surface area contributed by atoms with Gasteiger partial charge < -0.3 is 19.6 Å². The molecule has 0 saturated carbocycles. The van der Waals surface area contributed by atoms with Crippen LogP contribution in [0.2, 0.25) is 5.02 Å². The molecule has 0 saturated heterocycles. The molecule has 2 N–H and O–H groups in total. The van der Waals surface area contributed by atoms with Crippen LogP contribution in [0.15, 0.2) is 23.0 Å². The molecule has 18 heavy (non-hydrogen) atoms. The summed E-state index contributed by atoms with van der Waals surface area (Å²) < 4.78 is 10.4. The lowest BCUT2D eigenvalue weighted by Crippen LogP contribution is -2.06. The van der Waals surface area contributed by atoms with Gasteiger partial charge in [0.2, 0.25) is 12.7 Å². The first kappa shape index (κ1) is 10.9. The molecule has 0 bridgehead atoms. The minimum absolute atomic E-state index is 0.0997. The molecule has 0 amide bonds. The summed E-state index contributed by atoms with van der Waals surface area (Å²) in [6.45, 7) is 0.0997. The van der Waals surface area contributed by atoms with Crippen molar-refractivity contribution in [3.05, 3.63) is 33.6 Å². The number of nitrogens with zero attached hydrogens (tertiary/aromatic N) is 1. The Labute approximate surface area is 106 Å². The summed E-state index contributed by atoms with van der Waals surface area (Å²) in [5.74, 6) is 0.786. The fourth-order valence-electron chi connectivity index (χ4n) is 1.69. The van der Waals surface area contributed by atoms with Crippen molar-refractivity contribution in [2.24, 2.45) is 0 Å². The third kappa shape index (κ3) is 1.76. The number of H-pyrrole nitrogens is 1. The Morgan fingerprint density at radius 3 is 2.94 bits per heavy atom. The highest BCUT2D eigenvalue weighted by Crippen LogP contribution is 2.41. The molecule has 1 aliphatic heterocycles. The van der Waals surface area contributed by atoms with Crippen LogP contribution in [0.5, 0.6) is 17.4 Å². The minimum Gasteiger partial charge on any atom is -0.493 e. The van der Waals surface area contributed by atoms with E-state index in [1.165, 1.54) is 0 Å². The zero-order valence-corrected chi connectivity index (χ0v) is 9.69. The van der Waals surface area contributed by atoms with E-state index in [0.29, 0.717) is 22.1 Å². The van der Waals surface area contributed by atoms with Crippen LogP contribution in [0.25, 0.3) is 11.4 Å². The lowest BCUT2D eigenvalue weighted by Gasteiger charge is -2.04. The van der Waals surface area contributed by atoms with Gasteiger partial charge in [-0.05, 0) is 12.1 Å². The Morgan fingerprint density at radius 2 is 2.17 bits per heavy atom. The van der Waals surface area contributed by atoms with Gasteiger partial charge in [-0.3, -0.25) is 4.79 Å². The van der Waals surface area contributed by atoms with E-state index in [2.05, 4.69) is 9.97 Å². The van der Waals surface area contributed by atoms with Gasteiger partial charge in [0, 0.05) is 5.56 Å². The van der Waals surface area contributed by atoms with E-state index < -0.39 is 5.56 Å². The van der Waals surface area contributed by atoms with Gasteiger partial charge in [0.05, 0.1) is 11.1 Å². The van der Waals surface area contributed by atoms with Crippen molar-refractivity contribution >= 4 is 11.6 Å². The van der Waals surface area contributed by atoms with Crippen molar-refractivity contribution in [2.45, 2.75) is 0 Å². The summed E-state index contributed by atoms with van der Waals surface area (Å²) in [6.07, 6.45) is 0. The summed E-state index contributed by atoms with van der Waals surface area (Å²) in [7, 11) is 0. The fraction of sp³-hybridized carbons (Fsp3) is 0.0909. The van der Waals surface area contributed by atoms with Crippen LogP contribution in [0.1, 0.15) is 0 Å². The van der Waals surface area contributed by atoms with E-state index in [0.717, 1.165) is 6.07 Å². The Bertz CT molecular complexity index is 683. The van der Waals surface area contributed by atoms with Gasteiger partial charge >= 0.3 is 0 Å². The van der Waals surface area contributed by atoms with Crippen LogP contribution in [0, 0.1) is 0 Å². The topological polar surface area (TPSA) is 84.4 Å². The zero-order chi connectivity index (χ0) is 12.7. The molecule has 2 aromatic rings. The number of hydrogen-bond acceptors (Lipinski definition) is 5. The summed E-state index contributed by atoms with van der Waals surface area (Å²) in [5.41, 5.74) is 0.0727. The molecule has 1 aliphatic rings. The molecule has 0 aliphatic carbocycles. The standard InChI is InChI=1S/C11H7ClN2O4/c12-6-1-5(2-7-10(6)18-4-17-7)11-13-8(15)3-9(16)14-11/h1-3H,4H2,(H2,13,14,15,16). The lowest BCUT2D eigenvalue weighted by atomic mass is 10.2. The number of aromatic hydroxyl groups is 1. The fourth-order valence-corrected chi connectivity index (χ4v) is 1.95. The lowest BCUT2D eigenvalue weighted by molar-refractivity contribution is 0.174. The third-order valence-corrected chi connectivity index (χ3v) is 2.71. The number of rotatable bonds is 1. The van der Waals surface area contributed by atoms with E-state index in [-0.39, 0.29) is 18.5 Å². The first-order chi connectivity index (χ1) is 8.63. The first-order valence-electron chi connectivity index (χ1n) is 5.03. The van der Waals surface area contributed by atoms with Crippen LogP contribution >= 0.6 is 11.6 Å². The normalized spacial score (nSPS) is 12.7. The van der Waals surface area contributed by atoms with Crippen LogP contribution < -0.4 is 15.0 Å². The average molecular weight is 267 g/mol. The summed E-state index contributed by atoms with van der Waals surface area (Å²) in [6, 6.07) is 4.19. The highest BCUT2D eigenvalue weighted by atomic mass is 35.5. The molecule has 6 nitrogen and oxygen atoms in total. The number of aromatic nitrogens is 2. The van der Waals surface area contributed by atoms with E-state index in [1.807, 2.05) is 0 Å². The first-order valence-corrected chi connectivity index (χ1v) is 5.41. The van der Waals surface area contributed by atoms with Crippen LogP contribution in [0.4, 0.5) is 0 Å². The number of hydrogen-bond donors (Lipinski definition) is 2. The second kappa shape index (κ2) is 3.92. The number of fused-ring (bicyclic) bond motifs is 1. The highest BCUT2D eigenvalue weighted by molar-refractivity contribution is 6.32.